The highest BCUT2D eigenvalue weighted by atomic mass is 19.4. The van der Waals surface area contributed by atoms with Gasteiger partial charge in [0.25, 0.3) is 5.91 Å². The number of fused-ring (bicyclic) bond motifs is 1. The van der Waals surface area contributed by atoms with Crippen molar-refractivity contribution in [3.05, 3.63) is 54.3 Å². The second-order valence-corrected chi connectivity index (χ2v) is 11.7. The number of piperazine rings is 1. The van der Waals surface area contributed by atoms with Crippen molar-refractivity contribution in [1.29, 1.82) is 5.26 Å². The first-order chi connectivity index (χ1) is 21.1. The van der Waals surface area contributed by atoms with Gasteiger partial charge in [-0.15, -0.1) is 0 Å². The summed E-state index contributed by atoms with van der Waals surface area (Å²) in [6.07, 6.45) is 3.97. The van der Waals surface area contributed by atoms with E-state index in [4.69, 9.17) is 0 Å². The number of carbonyl (C=O) groups is 1. The summed E-state index contributed by atoms with van der Waals surface area (Å²) in [5, 5.41) is 18.2. The van der Waals surface area contributed by atoms with E-state index in [0.717, 1.165) is 22.3 Å². The summed E-state index contributed by atoms with van der Waals surface area (Å²) in [6, 6.07) is 5.80. The van der Waals surface area contributed by atoms with E-state index in [9.17, 15) is 23.2 Å². The van der Waals surface area contributed by atoms with Crippen molar-refractivity contribution in [1.82, 2.24) is 49.8 Å². The first-order valence-electron chi connectivity index (χ1n) is 14.5. The normalized spacial score (nSPS) is 21.0. The van der Waals surface area contributed by atoms with Gasteiger partial charge in [-0.2, -0.15) is 23.5 Å². The summed E-state index contributed by atoms with van der Waals surface area (Å²) in [7, 11) is 0. The van der Waals surface area contributed by atoms with Gasteiger partial charge < -0.3 is 15.2 Å². The molecular formula is C29H32F3N11O. The summed E-state index contributed by atoms with van der Waals surface area (Å²) in [5.41, 5.74) is 1.75. The Morgan fingerprint density at radius 2 is 1.98 bits per heavy atom. The maximum atomic E-state index is 13.5. The number of hydrogen-bond acceptors (Lipinski definition) is 9. The van der Waals surface area contributed by atoms with Crippen molar-refractivity contribution < 1.29 is 18.0 Å². The van der Waals surface area contributed by atoms with E-state index >= 15 is 0 Å². The minimum absolute atomic E-state index is 0.0364. The number of nitriles is 1. The largest absolute Gasteiger partial charge is 0.451 e. The zero-order valence-electron chi connectivity index (χ0n) is 24.3. The molecule has 12 nitrogen and oxygen atoms in total. The number of aromatic nitrogens is 7. The molecule has 1 saturated heterocycles. The van der Waals surface area contributed by atoms with Gasteiger partial charge in [-0.3, -0.25) is 14.4 Å². The van der Waals surface area contributed by atoms with Crippen molar-refractivity contribution in [2.45, 2.75) is 63.5 Å². The monoisotopic (exact) mass is 607 g/mol. The van der Waals surface area contributed by atoms with Crippen LogP contribution in [0.5, 0.6) is 0 Å². The number of H-pyrrole nitrogens is 1. The Morgan fingerprint density at radius 1 is 1.20 bits per heavy atom. The van der Waals surface area contributed by atoms with E-state index in [2.05, 4.69) is 46.3 Å². The van der Waals surface area contributed by atoms with Gasteiger partial charge in [0, 0.05) is 68.2 Å². The molecule has 2 N–H and O–H groups in total. The van der Waals surface area contributed by atoms with Crippen LogP contribution in [0.3, 0.4) is 0 Å². The fourth-order valence-electron chi connectivity index (χ4n) is 6.03. The van der Waals surface area contributed by atoms with Crippen molar-refractivity contribution in [3.8, 4) is 17.3 Å². The fourth-order valence-corrected chi connectivity index (χ4v) is 6.03. The number of alkyl halides is 3. The van der Waals surface area contributed by atoms with Crippen LogP contribution < -0.4 is 5.32 Å². The summed E-state index contributed by atoms with van der Waals surface area (Å²) >= 11 is 0. The Balaban J connectivity index is 1.11. The molecule has 4 aromatic heterocycles. The second-order valence-electron chi connectivity index (χ2n) is 11.7. The highest BCUT2D eigenvalue weighted by molar-refractivity contribution is 5.92. The van der Waals surface area contributed by atoms with Gasteiger partial charge in [-0.1, -0.05) is 13.8 Å². The lowest BCUT2D eigenvalue weighted by Gasteiger charge is -2.52. The lowest BCUT2D eigenvalue weighted by molar-refractivity contribution is -0.145. The summed E-state index contributed by atoms with van der Waals surface area (Å²) in [6.45, 7) is 5.68. The van der Waals surface area contributed by atoms with E-state index < -0.39 is 23.4 Å². The fraction of sp³-hybridized carbons (Fsp3) is 0.483. The van der Waals surface area contributed by atoms with Gasteiger partial charge in [0.05, 0.1) is 35.6 Å². The molecule has 0 radical (unpaired) electrons. The maximum Gasteiger partial charge on any atom is 0.451 e. The van der Waals surface area contributed by atoms with Crippen molar-refractivity contribution in [2.24, 2.45) is 0 Å². The molecule has 0 spiro atoms. The zero-order valence-corrected chi connectivity index (χ0v) is 24.3. The Labute approximate surface area is 251 Å². The maximum absolute atomic E-state index is 13.5. The Hall–Kier alpha value is -4.42. The molecule has 0 bridgehead atoms. The lowest BCUT2D eigenvalue weighted by Crippen LogP contribution is -2.60. The van der Waals surface area contributed by atoms with E-state index in [1.807, 2.05) is 37.0 Å². The highest BCUT2D eigenvalue weighted by Crippen LogP contribution is 2.45. The van der Waals surface area contributed by atoms with Crippen LogP contribution >= 0.6 is 0 Å². The van der Waals surface area contributed by atoms with Crippen molar-refractivity contribution in [2.75, 3.05) is 26.2 Å². The molecule has 1 aliphatic carbocycles. The van der Waals surface area contributed by atoms with Crippen LogP contribution in [0.15, 0.2) is 37.1 Å². The average Bonchev–Trinajstić information content (AvgIpc) is 3.67. The van der Waals surface area contributed by atoms with E-state index in [0.29, 0.717) is 45.4 Å². The van der Waals surface area contributed by atoms with Crippen LogP contribution in [0.4, 0.5) is 13.2 Å². The molecule has 2 aliphatic rings. The van der Waals surface area contributed by atoms with E-state index in [1.54, 1.807) is 11.1 Å². The van der Waals surface area contributed by atoms with Crippen LogP contribution in [0.25, 0.3) is 22.3 Å². The van der Waals surface area contributed by atoms with Gasteiger partial charge in [-0.25, -0.2) is 19.9 Å². The number of carbonyl (C=O) groups excluding carboxylic acids is 1. The number of nitrogens with zero attached hydrogens (tertiary/aromatic N) is 9. The van der Waals surface area contributed by atoms with Crippen molar-refractivity contribution in [3.63, 3.8) is 0 Å². The number of aromatic amines is 1. The quantitative estimate of drug-likeness (QED) is 0.308. The van der Waals surface area contributed by atoms with Gasteiger partial charge in [-0.05, 0) is 25.0 Å². The van der Waals surface area contributed by atoms with E-state index in [-0.39, 0.29) is 30.0 Å². The lowest BCUT2D eigenvalue weighted by atomic mass is 9.70. The number of hydrogen-bond donors (Lipinski definition) is 2. The number of amides is 1. The molecule has 1 aliphatic heterocycles. The third-order valence-corrected chi connectivity index (χ3v) is 8.40. The van der Waals surface area contributed by atoms with Crippen LogP contribution in [0.2, 0.25) is 0 Å². The minimum atomic E-state index is -4.76. The van der Waals surface area contributed by atoms with Crippen LogP contribution in [0.1, 0.15) is 55.1 Å². The molecule has 0 atom stereocenters. The van der Waals surface area contributed by atoms with Gasteiger partial charge in [0.15, 0.2) is 0 Å². The molecule has 1 amide bonds. The molecule has 15 heteroatoms. The first-order valence-corrected chi connectivity index (χ1v) is 14.5. The Bertz CT molecular complexity index is 1690. The van der Waals surface area contributed by atoms with Crippen LogP contribution in [-0.2, 0) is 18.3 Å². The standard InChI is InChI=1S/C29H32F3N11O/c1-18(2)35-15-20-11-23(40-27(39-20)29(30,31)32)26(44)42-9-7-41(8-10-42)21-12-28(13-21,4-5-33)43-16-19(14-38-43)24-22-3-6-34-25(22)37-17-36-24/h3,6,11,14,16-18,21,35H,4,7-10,12-13,15H2,1-2H3,(H,34,36,37). The van der Waals surface area contributed by atoms with Gasteiger partial charge in [0.1, 0.15) is 17.7 Å². The van der Waals surface area contributed by atoms with Crippen LogP contribution in [-0.4, -0.2) is 88.7 Å². The predicted octanol–water partition coefficient (Wildman–Crippen LogP) is 3.36. The smallest absolute Gasteiger partial charge is 0.346 e. The molecule has 1 saturated carbocycles. The van der Waals surface area contributed by atoms with Gasteiger partial charge >= 0.3 is 6.18 Å². The molecule has 4 aromatic rings. The molecule has 6 rings (SSSR count). The Kier molecular flexibility index (Phi) is 7.80. The molecule has 2 fully saturated rings. The zero-order chi connectivity index (χ0) is 31.1. The van der Waals surface area contributed by atoms with Crippen LogP contribution in [0, 0.1) is 11.3 Å². The summed E-state index contributed by atoms with van der Waals surface area (Å²) in [5.74, 6) is -1.86. The van der Waals surface area contributed by atoms with E-state index in [1.165, 1.54) is 12.4 Å². The molecule has 44 heavy (non-hydrogen) atoms. The minimum Gasteiger partial charge on any atom is -0.346 e. The highest BCUT2D eigenvalue weighted by Gasteiger charge is 2.49. The third kappa shape index (κ3) is 5.74. The number of rotatable bonds is 8. The SMILES string of the molecule is CC(C)NCc1cc(C(=O)N2CCN(C3CC(CC#N)(n4cc(-c5ncnc6[nH]ccc56)cn4)C3)CC2)nc(C(F)(F)F)n1. The molecular weight excluding hydrogens is 575 g/mol. The Morgan fingerprint density at radius 3 is 2.68 bits per heavy atom. The second kappa shape index (κ2) is 11.6. The summed E-state index contributed by atoms with van der Waals surface area (Å²) < 4.78 is 42.4. The van der Waals surface area contributed by atoms with Crippen molar-refractivity contribution >= 4 is 16.9 Å². The molecule has 5 heterocycles. The predicted molar refractivity (Wildman–Crippen MR) is 153 cm³/mol. The molecule has 230 valence electrons. The molecule has 0 aromatic carbocycles. The molecule has 0 unspecified atom stereocenters. The first kappa shape index (κ1) is 29.6. The number of nitrogens with one attached hydrogen (secondary N) is 2. The summed E-state index contributed by atoms with van der Waals surface area (Å²) in [4.78, 5) is 36.1. The topological polar surface area (TPSA) is 145 Å². The third-order valence-electron chi connectivity index (χ3n) is 8.40. The number of halogens is 3. The average molecular weight is 608 g/mol. The van der Waals surface area contributed by atoms with Gasteiger partial charge in [0.2, 0.25) is 5.82 Å².